The third-order valence-corrected chi connectivity index (χ3v) is 6.13. The number of aliphatic imine (C=N–C) groups is 1. The summed E-state index contributed by atoms with van der Waals surface area (Å²) >= 11 is 3.38. The van der Waals surface area contributed by atoms with E-state index in [9.17, 15) is 4.79 Å². The van der Waals surface area contributed by atoms with E-state index in [1.54, 1.807) is 4.90 Å². The Morgan fingerprint density at radius 2 is 1.81 bits per heavy atom. The molecule has 1 amide bonds. The van der Waals surface area contributed by atoms with Crippen LogP contribution < -0.4 is 10.2 Å². The Morgan fingerprint density at radius 3 is 2.35 bits per heavy atom. The molecule has 2 aliphatic heterocycles. The van der Waals surface area contributed by atoms with Gasteiger partial charge >= 0.3 is 0 Å². The number of halogens is 1. The summed E-state index contributed by atoms with van der Waals surface area (Å²) in [6.07, 6.45) is 3.81. The minimum atomic E-state index is -0.0727. The number of benzene rings is 1. The zero-order valence-electron chi connectivity index (χ0n) is 19.1. The quantitative estimate of drug-likeness (QED) is 0.662. The molecule has 1 saturated heterocycles. The highest BCUT2D eigenvalue weighted by Crippen LogP contribution is 2.25. The standard InChI is InChI=1S/C24H32BrN5O/c1-6-18-16-21(25)24(31)30(7-2)23(18)27-22(17(3)4)26-19-8-10-20(11-9-19)29-14-12-28(5)13-15-29/h6,8-11,16,26H,7,12-15H2,1-5H3/b18-6-,27-23+. The number of nitrogens with one attached hydrogen (secondary N) is 1. The first-order valence-electron chi connectivity index (χ1n) is 10.8. The number of likely N-dealkylation sites (N-methyl/N-ethyl adjacent to an activating group) is 2. The van der Waals surface area contributed by atoms with E-state index in [-0.39, 0.29) is 5.91 Å². The van der Waals surface area contributed by atoms with Crippen molar-refractivity contribution in [3.8, 4) is 0 Å². The van der Waals surface area contributed by atoms with Crippen molar-refractivity contribution in [3.05, 3.63) is 57.9 Å². The Balaban J connectivity index is 1.83. The Kier molecular flexibility index (Phi) is 7.73. The molecule has 0 bridgehead atoms. The number of amidine groups is 1. The predicted molar refractivity (Wildman–Crippen MR) is 134 cm³/mol. The largest absolute Gasteiger partial charge is 0.369 e. The second-order valence-electron chi connectivity index (χ2n) is 8.03. The van der Waals surface area contributed by atoms with Crippen LogP contribution in [-0.2, 0) is 4.79 Å². The minimum absolute atomic E-state index is 0.0727. The van der Waals surface area contributed by atoms with Gasteiger partial charge in [-0.2, -0.15) is 0 Å². The number of hydrogen-bond acceptors (Lipinski definition) is 5. The lowest BCUT2D eigenvalue weighted by Crippen LogP contribution is -2.44. The molecule has 7 heteroatoms. The molecule has 3 rings (SSSR count). The lowest BCUT2D eigenvalue weighted by molar-refractivity contribution is -0.122. The molecule has 1 aromatic rings. The van der Waals surface area contributed by atoms with Gasteiger partial charge in [0.25, 0.3) is 5.91 Å². The van der Waals surface area contributed by atoms with Crippen molar-refractivity contribution in [3.63, 3.8) is 0 Å². The van der Waals surface area contributed by atoms with Gasteiger partial charge in [0.05, 0.1) is 4.48 Å². The first-order valence-corrected chi connectivity index (χ1v) is 11.6. The topological polar surface area (TPSA) is 51.2 Å². The fourth-order valence-corrected chi connectivity index (χ4v) is 4.06. The van der Waals surface area contributed by atoms with Gasteiger partial charge in [-0.3, -0.25) is 9.69 Å². The van der Waals surface area contributed by atoms with Crippen molar-refractivity contribution in [1.29, 1.82) is 0 Å². The molecule has 2 heterocycles. The van der Waals surface area contributed by atoms with Gasteiger partial charge in [0.2, 0.25) is 0 Å². The number of anilines is 2. The van der Waals surface area contributed by atoms with Crippen LogP contribution in [0.3, 0.4) is 0 Å². The zero-order chi connectivity index (χ0) is 22.5. The summed E-state index contributed by atoms with van der Waals surface area (Å²) in [6, 6.07) is 8.49. The Bertz CT molecular complexity index is 933. The zero-order valence-corrected chi connectivity index (χ0v) is 20.7. The van der Waals surface area contributed by atoms with Crippen molar-refractivity contribution < 1.29 is 4.79 Å². The third-order valence-electron chi connectivity index (χ3n) is 5.56. The number of rotatable bonds is 5. The van der Waals surface area contributed by atoms with Gasteiger partial charge in [-0.05, 0) is 86.6 Å². The normalized spacial score (nSPS) is 20.3. The van der Waals surface area contributed by atoms with E-state index >= 15 is 0 Å². The second kappa shape index (κ2) is 10.3. The number of nitrogens with zero attached hydrogens (tertiary/aromatic N) is 4. The van der Waals surface area contributed by atoms with Crippen LogP contribution in [0, 0.1) is 0 Å². The molecule has 1 aromatic carbocycles. The van der Waals surface area contributed by atoms with Gasteiger partial charge in [0, 0.05) is 49.7 Å². The number of piperazine rings is 1. The molecule has 0 unspecified atom stereocenters. The number of hydrogen-bond donors (Lipinski definition) is 1. The highest BCUT2D eigenvalue weighted by atomic mass is 79.9. The second-order valence-corrected chi connectivity index (χ2v) is 8.89. The monoisotopic (exact) mass is 485 g/mol. The average Bonchev–Trinajstić information content (AvgIpc) is 2.76. The molecule has 166 valence electrons. The molecular formula is C24H32BrN5O. The van der Waals surface area contributed by atoms with Gasteiger partial charge in [-0.25, -0.2) is 4.99 Å². The van der Waals surface area contributed by atoms with Crippen LogP contribution in [-0.4, -0.2) is 61.3 Å². The highest BCUT2D eigenvalue weighted by Gasteiger charge is 2.27. The van der Waals surface area contributed by atoms with Crippen molar-refractivity contribution in [1.82, 2.24) is 9.80 Å². The average molecular weight is 486 g/mol. The van der Waals surface area contributed by atoms with Gasteiger partial charge in [-0.15, -0.1) is 0 Å². The van der Waals surface area contributed by atoms with E-state index in [4.69, 9.17) is 4.99 Å². The van der Waals surface area contributed by atoms with Gasteiger partial charge in [0.1, 0.15) is 11.7 Å². The van der Waals surface area contributed by atoms with E-state index in [1.807, 2.05) is 39.8 Å². The smallest absolute Gasteiger partial charge is 0.266 e. The molecule has 0 spiro atoms. The van der Waals surface area contributed by atoms with E-state index in [1.165, 1.54) is 5.69 Å². The Morgan fingerprint density at radius 1 is 1.16 bits per heavy atom. The summed E-state index contributed by atoms with van der Waals surface area (Å²) < 4.78 is 0.549. The minimum Gasteiger partial charge on any atom is -0.369 e. The molecule has 0 radical (unpaired) electrons. The summed E-state index contributed by atoms with van der Waals surface area (Å²) in [6.45, 7) is 12.8. The van der Waals surface area contributed by atoms with Gasteiger partial charge in [0.15, 0.2) is 0 Å². The summed E-state index contributed by atoms with van der Waals surface area (Å²) in [7, 11) is 2.17. The summed E-state index contributed by atoms with van der Waals surface area (Å²) in [4.78, 5) is 24.0. The van der Waals surface area contributed by atoms with Crippen LogP contribution in [0.5, 0.6) is 0 Å². The molecule has 31 heavy (non-hydrogen) atoms. The molecule has 0 aliphatic carbocycles. The van der Waals surface area contributed by atoms with Crippen LogP contribution in [0.1, 0.15) is 27.7 Å². The Labute approximate surface area is 194 Å². The molecule has 0 saturated carbocycles. The van der Waals surface area contributed by atoms with Crippen LogP contribution in [0.2, 0.25) is 0 Å². The van der Waals surface area contributed by atoms with Crippen molar-refractivity contribution >= 4 is 39.0 Å². The number of allylic oxidation sites excluding steroid dienone is 2. The molecule has 1 N–H and O–H groups in total. The maximum atomic E-state index is 12.6. The fraction of sp³-hybridized carbons (Fsp3) is 0.417. The maximum absolute atomic E-state index is 12.6. The van der Waals surface area contributed by atoms with Crippen molar-refractivity contribution in [2.45, 2.75) is 27.7 Å². The van der Waals surface area contributed by atoms with E-state index in [0.717, 1.165) is 48.8 Å². The van der Waals surface area contributed by atoms with Crippen LogP contribution in [0.15, 0.2) is 62.9 Å². The summed E-state index contributed by atoms with van der Waals surface area (Å²) in [5.74, 6) is 1.34. The summed E-state index contributed by atoms with van der Waals surface area (Å²) in [5, 5.41) is 3.45. The van der Waals surface area contributed by atoms with E-state index in [0.29, 0.717) is 16.9 Å². The lowest BCUT2D eigenvalue weighted by Gasteiger charge is -2.34. The first-order chi connectivity index (χ1) is 14.8. The number of carbonyl (C=O) groups excluding carboxylic acids is 1. The van der Waals surface area contributed by atoms with E-state index < -0.39 is 0 Å². The maximum Gasteiger partial charge on any atom is 0.266 e. The van der Waals surface area contributed by atoms with Crippen LogP contribution in [0.4, 0.5) is 11.4 Å². The van der Waals surface area contributed by atoms with Crippen molar-refractivity contribution in [2.24, 2.45) is 4.99 Å². The van der Waals surface area contributed by atoms with E-state index in [2.05, 4.69) is 62.4 Å². The van der Waals surface area contributed by atoms with Crippen LogP contribution in [0.25, 0.3) is 0 Å². The molecule has 1 fully saturated rings. The third kappa shape index (κ3) is 5.46. The molecule has 0 aromatic heterocycles. The Hall–Kier alpha value is -2.38. The molecule has 0 atom stereocenters. The SMILES string of the molecule is C/C=C1/C=C(Br)C(=O)N(CC)/C1=N/C(Nc1ccc(N2CCN(C)CC2)cc1)=C(C)C. The number of amides is 1. The van der Waals surface area contributed by atoms with Crippen molar-refractivity contribution in [2.75, 3.05) is 50.0 Å². The molecule has 2 aliphatic rings. The lowest BCUT2D eigenvalue weighted by atomic mass is 10.1. The number of carbonyl (C=O) groups is 1. The van der Waals surface area contributed by atoms with Gasteiger partial charge in [-0.1, -0.05) is 6.08 Å². The van der Waals surface area contributed by atoms with Gasteiger partial charge < -0.3 is 15.1 Å². The molecular weight excluding hydrogens is 454 g/mol. The molecule has 6 nitrogen and oxygen atoms in total. The predicted octanol–water partition coefficient (Wildman–Crippen LogP) is 4.59. The fourth-order valence-electron chi connectivity index (χ4n) is 3.60. The first kappa shape index (κ1) is 23.3. The highest BCUT2D eigenvalue weighted by molar-refractivity contribution is 9.12. The van der Waals surface area contributed by atoms with Crippen LogP contribution >= 0.6 is 15.9 Å². The summed E-state index contributed by atoms with van der Waals surface area (Å²) in [5.41, 5.74) is 4.18.